The SMILES string of the molecule is Cc1n[nH]c(C)c1C(=O)c1ccccc1. The van der Waals surface area contributed by atoms with E-state index in [1.807, 2.05) is 44.2 Å². The first-order chi connectivity index (χ1) is 7.20. The second kappa shape index (κ2) is 3.69. The first kappa shape index (κ1) is 9.65. The van der Waals surface area contributed by atoms with Crippen LogP contribution in [-0.4, -0.2) is 16.0 Å². The van der Waals surface area contributed by atoms with Crippen molar-refractivity contribution in [2.45, 2.75) is 13.8 Å². The third kappa shape index (κ3) is 1.68. The van der Waals surface area contributed by atoms with Gasteiger partial charge in [0.15, 0.2) is 5.78 Å². The summed E-state index contributed by atoms with van der Waals surface area (Å²) in [5.41, 5.74) is 2.95. The summed E-state index contributed by atoms with van der Waals surface area (Å²) in [4.78, 5) is 12.1. The van der Waals surface area contributed by atoms with E-state index in [9.17, 15) is 4.79 Å². The van der Waals surface area contributed by atoms with Crippen LogP contribution in [0.25, 0.3) is 0 Å². The number of carbonyl (C=O) groups excluding carboxylic acids is 1. The Morgan fingerprint density at radius 2 is 1.87 bits per heavy atom. The Hall–Kier alpha value is -1.90. The molecule has 0 saturated heterocycles. The number of aryl methyl sites for hydroxylation is 2. The number of hydrogen-bond donors (Lipinski definition) is 1. The molecule has 1 aromatic carbocycles. The third-order valence-electron chi connectivity index (χ3n) is 2.39. The second-order valence-electron chi connectivity index (χ2n) is 3.50. The highest BCUT2D eigenvalue weighted by molar-refractivity contribution is 6.10. The van der Waals surface area contributed by atoms with Crippen molar-refractivity contribution in [3.63, 3.8) is 0 Å². The van der Waals surface area contributed by atoms with Gasteiger partial charge >= 0.3 is 0 Å². The normalized spacial score (nSPS) is 10.3. The maximum absolute atomic E-state index is 12.1. The Bertz CT molecular complexity index is 466. The van der Waals surface area contributed by atoms with Gasteiger partial charge < -0.3 is 0 Å². The van der Waals surface area contributed by atoms with Crippen LogP contribution in [0.15, 0.2) is 30.3 Å². The number of benzene rings is 1. The lowest BCUT2D eigenvalue weighted by Crippen LogP contribution is -2.03. The minimum atomic E-state index is 0.0272. The summed E-state index contributed by atoms with van der Waals surface area (Å²) in [7, 11) is 0. The second-order valence-corrected chi connectivity index (χ2v) is 3.50. The van der Waals surface area contributed by atoms with Crippen LogP contribution < -0.4 is 0 Å². The number of rotatable bonds is 2. The van der Waals surface area contributed by atoms with E-state index in [1.165, 1.54) is 0 Å². The number of H-pyrrole nitrogens is 1. The predicted molar refractivity (Wildman–Crippen MR) is 57.9 cm³/mol. The Morgan fingerprint density at radius 1 is 1.20 bits per heavy atom. The highest BCUT2D eigenvalue weighted by Crippen LogP contribution is 2.15. The molecular formula is C12H12N2O. The van der Waals surface area contributed by atoms with Crippen molar-refractivity contribution >= 4 is 5.78 Å². The fourth-order valence-electron chi connectivity index (χ4n) is 1.62. The molecule has 0 aliphatic carbocycles. The summed E-state index contributed by atoms with van der Waals surface area (Å²) >= 11 is 0. The number of nitrogens with one attached hydrogen (secondary N) is 1. The molecule has 1 heterocycles. The van der Waals surface area contributed by atoms with Gasteiger partial charge in [0.2, 0.25) is 0 Å². The van der Waals surface area contributed by atoms with E-state index in [-0.39, 0.29) is 5.78 Å². The van der Waals surface area contributed by atoms with E-state index in [4.69, 9.17) is 0 Å². The van der Waals surface area contributed by atoms with Gasteiger partial charge in [0.25, 0.3) is 0 Å². The summed E-state index contributed by atoms with van der Waals surface area (Å²) in [6, 6.07) is 9.24. The Labute approximate surface area is 88.1 Å². The molecule has 76 valence electrons. The first-order valence-corrected chi connectivity index (χ1v) is 4.81. The predicted octanol–water partition coefficient (Wildman–Crippen LogP) is 2.26. The average Bonchev–Trinajstić information content (AvgIpc) is 2.59. The fourth-order valence-corrected chi connectivity index (χ4v) is 1.62. The molecule has 2 rings (SSSR count). The molecule has 2 aromatic rings. The van der Waals surface area contributed by atoms with Gasteiger partial charge in [-0.05, 0) is 13.8 Å². The number of hydrogen-bond acceptors (Lipinski definition) is 2. The zero-order valence-electron chi connectivity index (χ0n) is 8.74. The molecule has 3 heteroatoms. The quantitative estimate of drug-likeness (QED) is 0.756. The summed E-state index contributed by atoms with van der Waals surface area (Å²) in [5.74, 6) is 0.0272. The van der Waals surface area contributed by atoms with Crippen LogP contribution in [0.1, 0.15) is 27.3 Å². The molecule has 0 aliphatic heterocycles. The first-order valence-electron chi connectivity index (χ1n) is 4.81. The molecule has 1 N–H and O–H groups in total. The van der Waals surface area contributed by atoms with Crippen molar-refractivity contribution in [1.82, 2.24) is 10.2 Å². The van der Waals surface area contributed by atoms with E-state index in [1.54, 1.807) is 0 Å². The van der Waals surface area contributed by atoms with Crippen molar-refractivity contribution in [2.24, 2.45) is 0 Å². The summed E-state index contributed by atoms with van der Waals surface area (Å²) in [5, 5.41) is 6.83. The fraction of sp³-hybridized carbons (Fsp3) is 0.167. The van der Waals surface area contributed by atoms with Crippen molar-refractivity contribution < 1.29 is 4.79 Å². The molecule has 0 spiro atoms. The van der Waals surface area contributed by atoms with Crippen LogP contribution in [0, 0.1) is 13.8 Å². The van der Waals surface area contributed by atoms with Crippen LogP contribution in [0.3, 0.4) is 0 Å². The molecule has 0 amide bonds. The Kier molecular flexibility index (Phi) is 2.37. The van der Waals surface area contributed by atoms with Crippen molar-refractivity contribution in [3.8, 4) is 0 Å². The summed E-state index contributed by atoms with van der Waals surface area (Å²) < 4.78 is 0. The van der Waals surface area contributed by atoms with E-state index in [0.29, 0.717) is 11.1 Å². The Morgan fingerprint density at radius 3 is 2.40 bits per heavy atom. The highest BCUT2D eigenvalue weighted by atomic mass is 16.1. The van der Waals surface area contributed by atoms with Crippen molar-refractivity contribution in [3.05, 3.63) is 52.8 Å². The van der Waals surface area contributed by atoms with Gasteiger partial charge in [0.1, 0.15) is 0 Å². The molecule has 0 aliphatic rings. The molecule has 0 radical (unpaired) electrons. The number of nitrogens with zero attached hydrogens (tertiary/aromatic N) is 1. The van der Waals surface area contributed by atoms with Gasteiger partial charge in [0.05, 0.1) is 11.3 Å². The smallest absolute Gasteiger partial charge is 0.196 e. The average molecular weight is 200 g/mol. The molecule has 0 saturated carbocycles. The van der Waals surface area contributed by atoms with Gasteiger partial charge in [-0.3, -0.25) is 9.89 Å². The lowest BCUT2D eigenvalue weighted by Gasteiger charge is -2.00. The van der Waals surface area contributed by atoms with Crippen LogP contribution in [0.5, 0.6) is 0 Å². The largest absolute Gasteiger partial charge is 0.288 e. The number of ketones is 1. The van der Waals surface area contributed by atoms with Crippen molar-refractivity contribution in [1.29, 1.82) is 0 Å². The third-order valence-corrected chi connectivity index (χ3v) is 2.39. The minimum absolute atomic E-state index is 0.0272. The zero-order chi connectivity index (χ0) is 10.8. The van der Waals surface area contributed by atoms with E-state index in [2.05, 4.69) is 10.2 Å². The standard InChI is InChI=1S/C12H12N2O/c1-8-11(9(2)14-13-8)12(15)10-6-4-3-5-7-10/h3-7H,1-2H3,(H,13,14). The van der Waals surface area contributed by atoms with Gasteiger partial charge in [-0.2, -0.15) is 5.10 Å². The monoisotopic (exact) mass is 200 g/mol. The Balaban J connectivity index is 2.46. The molecule has 0 atom stereocenters. The lowest BCUT2D eigenvalue weighted by molar-refractivity contribution is 0.103. The highest BCUT2D eigenvalue weighted by Gasteiger charge is 2.16. The molecular weight excluding hydrogens is 188 g/mol. The molecule has 3 nitrogen and oxygen atoms in total. The zero-order valence-corrected chi connectivity index (χ0v) is 8.74. The van der Waals surface area contributed by atoms with Gasteiger partial charge in [-0.15, -0.1) is 0 Å². The minimum Gasteiger partial charge on any atom is -0.288 e. The number of carbonyl (C=O) groups is 1. The van der Waals surface area contributed by atoms with Crippen LogP contribution >= 0.6 is 0 Å². The number of aromatic nitrogens is 2. The van der Waals surface area contributed by atoms with Gasteiger partial charge in [-0.25, -0.2) is 0 Å². The van der Waals surface area contributed by atoms with Crippen molar-refractivity contribution in [2.75, 3.05) is 0 Å². The lowest BCUT2D eigenvalue weighted by atomic mass is 10.0. The molecule has 0 fully saturated rings. The van der Waals surface area contributed by atoms with Crippen LogP contribution in [0.2, 0.25) is 0 Å². The van der Waals surface area contributed by atoms with Crippen LogP contribution in [0.4, 0.5) is 0 Å². The van der Waals surface area contributed by atoms with E-state index < -0.39 is 0 Å². The summed E-state index contributed by atoms with van der Waals surface area (Å²) in [6.45, 7) is 3.69. The topological polar surface area (TPSA) is 45.8 Å². The molecule has 1 aromatic heterocycles. The van der Waals surface area contributed by atoms with Gasteiger partial charge in [-0.1, -0.05) is 30.3 Å². The van der Waals surface area contributed by atoms with Crippen LogP contribution in [-0.2, 0) is 0 Å². The maximum atomic E-state index is 12.1. The van der Waals surface area contributed by atoms with E-state index >= 15 is 0 Å². The molecule has 0 unspecified atom stereocenters. The molecule has 0 bridgehead atoms. The maximum Gasteiger partial charge on any atom is 0.196 e. The van der Waals surface area contributed by atoms with E-state index in [0.717, 1.165) is 11.4 Å². The summed E-state index contributed by atoms with van der Waals surface area (Å²) in [6.07, 6.45) is 0. The molecule has 15 heavy (non-hydrogen) atoms. The number of aromatic amines is 1. The van der Waals surface area contributed by atoms with Gasteiger partial charge in [0, 0.05) is 11.3 Å².